The van der Waals surface area contributed by atoms with E-state index in [2.05, 4.69) is 36.4 Å². The molecule has 2 aliphatic heterocycles. The molecule has 0 bridgehead atoms. The smallest absolute Gasteiger partial charge is 0.254 e. The summed E-state index contributed by atoms with van der Waals surface area (Å²) in [6.07, 6.45) is 5.00. The van der Waals surface area contributed by atoms with Gasteiger partial charge in [-0.3, -0.25) is 9.59 Å². The Hall–Kier alpha value is -3.45. The number of thioether (sulfide) groups is 1. The van der Waals surface area contributed by atoms with Crippen molar-refractivity contribution in [3.8, 4) is 11.5 Å². The van der Waals surface area contributed by atoms with Crippen LogP contribution in [-0.2, 0) is 11.2 Å². The molecule has 2 amide bonds. The maximum Gasteiger partial charge on any atom is 0.254 e. The molecule has 0 aliphatic carbocycles. The summed E-state index contributed by atoms with van der Waals surface area (Å²) in [6, 6.07) is 21.9. The Morgan fingerprint density at radius 3 is 2.21 bits per heavy atom. The highest BCUT2D eigenvalue weighted by Gasteiger charge is 2.45. The van der Waals surface area contributed by atoms with E-state index >= 15 is 0 Å². The summed E-state index contributed by atoms with van der Waals surface area (Å²) < 4.78 is 11.1. The van der Waals surface area contributed by atoms with E-state index in [9.17, 15) is 9.59 Å². The second-order valence-corrected chi connectivity index (χ2v) is 11.2. The number of hydrogen-bond acceptors (Lipinski definition) is 5. The van der Waals surface area contributed by atoms with Crippen molar-refractivity contribution in [1.82, 2.24) is 9.80 Å². The third-order valence-electron chi connectivity index (χ3n) is 8.19. The number of carbonyl (C=O) groups is 2. The van der Waals surface area contributed by atoms with Crippen molar-refractivity contribution in [2.24, 2.45) is 5.92 Å². The lowest BCUT2D eigenvalue weighted by atomic mass is 9.78. The van der Waals surface area contributed by atoms with Gasteiger partial charge < -0.3 is 19.3 Å². The van der Waals surface area contributed by atoms with Gasteiger partial charge in [0, 0.05) is 30.6 Å². The van der Waals surface area contributed by atoms with Gasteiger partial charge in [0.15, 0.2) is 11.5 Å². The van der Waals surface area contributed by atoms with E-state index in [0.717, 1.165) is 29.7 Å². The molecule has 5 rings (SSSR count). The summed E-state index contributed by atoms with van der Waals surface area (Å²) in [5.41, 5.74) is 3.48. The summed E-state index contributed by atoms with van der Waals surface area (Å²) in [7, 11) is 4.93. The van der Waals surface area contributed by atoms with Crippen LogP contribution in [0.3, 0.4) is 0 Å². The Bertz CT molecular complexity index is 1320. The quantitative estimate of drug-likeness (QED) is 0.351. The van der Waals surface area contributed by atoms with Gasteiger partial charge in [0.25, 0.3) is 5.91 Å². The highest BCUT2D eigenvalue weighted by atomic mass is 32.2. The molecule has 2 heterocycles. The first kappa shape index (κ1) is 27.1. The number of amides is 2. The zero-order valence-electron chi connectivity index (χ0n) is 23.1. The number of likely N-dealkylation sites (N-methyl/N-ethyl adjacent to an activating group) is 1. The van der Waals surface area contributed by atoms with Crippen LogP contribution < -0.4 is 9.47 Å². The van der Waals surface area contributed by atoms with Crippen molar-refractivity contribution in [3.63, 3.8) is 0 Å². The highest BCUT2D eigenvalue weighted by Crippen LogP contribution is 2.46. The molecule has 3 aromatic carbocycles. The molecule has 39 heavy (non-hydrogen) atoms. The number of fused-ring (bicyclic) bond motifs is 1. The second-order valence-electron chi connectivity index (χ2n) is 10.4. The van der Waals surface area contributed by atoms with Crippen LogP contribution in [0.4, 0.5) is 0 Å². The van der Waals surface area contributed by atoms with Crippen LogP contribution in [0.1, 0.15) is 51.8 Å². The Morgan fingerprint density at radius 2 is 1.59 bits per heavy atom. The van der Waals surface area contributed by atoms with Crippen LogP contribution in [0.15, 0.2) is 71.6 Å². The van der Waals surface area contributed by atoms with Crippen molar-refractivity contribution in [1.29, 1.82) is 0 Å². The summed E-state index contributed by atoms with van der Waals surface area (Å²) in [5, 5.41) is 0. The zero-order valence-corrected chi connectivity index (χ0v) is 23.9. The Balaban J connectivity index is 1.49. The van der Waals surface area contributed by atoms with Gasteiger partial charge >= 0.3 is 0 Å². The minimum absolute atomic E-state index is 0.0555. The van der Waals surface area contributed by atoms with Gasteiger partial charge in [-0.05, 0) is 72.4 Å². The molecular formula is C32H36N2O4S. The number of hydrogen-bond donors (Lipinski definition) is 0. The zero-order chi connectivity index (χ0) is 27.5. The Morgan fingerprint density at radius 1 is 0.949 bits per heavy atom. The minimum Gasteiger partial charge on any atom is -0.493 e. The molecular weight excluding hydrogens is 508 g/mol. The van der Waals surface area contributed by atoms with Gasteiger partial charge in [-0.2, -0.15) is 0 Å². The average molecular weight is 545 g/mol. The molecule has 0 radical (unpaired) electrons. The van der Waals surface area contributed by atoms with Crippen LogP contribution in [0.25, 0.3) is 0 Å². The molecule has 0 saturated carbocycles. The number of piperidine rings is 1. The fourth-order valence-electron chi connectivity index (χ4n) is 6.03. The fourth-order valence-corrected chi connectivity index (χ4v) is 6.44. The SMILES string of the molecule is COc1cc2c(cc1OC)[C@H](C(=O)N1CCC(Cc3ccccc3)CC1)[C@H](c1ccc(SC)cc1)N(C)C2=O. The van der Waals surface area contributed by atoms with Crippen LogP contribution >= 0.6 is 11.8 Å². The molecule has 7 heteroatoms. The van der Waals surface area contributed by atoms with E-state index in [-0.39, 0.29) is 11.8 Å². The first-order chi connectivity index (χ1) is 18.9. The standard InChI is InChI=1S/C32H36N2O4S/c1-33-30(23-10-12-24(39-4)13-11-23)29(25-19-27(37-2)28(38-3)20-26(25)31(33)35)32(36)34-16-14-22(15-17-34)18-21-8-6-5-7-9-21/h5-13,19-20,22,29-30H,14-18H2,1-4H3/t29-,30-/m0/s1. The Kier molecular flexibility index (Phi) is 8.17. The Labute approximate surface area is 235 Å². The topological polar surface area (TPSA) is 59.1 Å². The number of methoxy groups -OCH3 is 2. The first-order valence-corrected chi connectivity index (χ1v) is 14.7. The number of likely N-dealkylation sites (tertiary alicyclic amines) is 1. The van der Waals surface area contributed by atoms with Gasteiger partial charge in [-0.1, -0.05) is 42.5 Å². The summed E-state index contributed by atoms with van der Waals surface area (Å²) in [6.45, 7) is 1.43. The molecule has 1 saturated heterocycles. The number of ether oxygens (including phenoxy) is 2. The summed E-state index contributed by atoms with van der Waals surface area (Å²) in [5.74, 6) is 0.931. The van der Waals surface area contributed by atoms with Crippen LogP contribution in [0, 0.1) is 5.92 Å². The maximum atomic E-state index is 14.4. The highest BCUT2D eigenvalue weighted by molar-refractivity contribution is 7.98. The predicted octanol–water partition coefficient (Wildman–Crippen LogP) is 5.82. The van der Waals surface area contributed by atoms with Gasteiger partial charge in [0.2, 0.25) is 5.91 Å². The molecule has 204 valence electrons. The summed E-state index contributed by atoms with van der Waals surface area (Å²) >= 11 is 1.67. The lowest BCUT2D eigenvalue weighted by Crippen LogP contribution is -2.48. The molecule has 0 aromatic heterocycles. The normalized spacial score (nSPS) is 19.5. The van der Waals surface area contributed by atoms with Gasteiger partial charge in [0.1, 0.15) is 0 Å². The van der Waals surface area contributed by atoms with E-state index in [1.54, 1.807) is 44.0 Å². The van der Waals surface area contributed by atoms with Crippen LogP contribution in [-0.4, -0.2) is 62.2 Å². The lowest BCUT2D eigenvalue weighted by molar-refractivity contribution is -0.136. The third kappa shape index (κ3) is 5.37. The van der Waals surface area contributed by atoms with E-state index in [0.29, 0.717) is 41.6 Å². The fraction of sp³-hybridized carbons (Fsp3) is 0.375. The molecule has 6 nitrogen and oxygen atoms in total. The van der Waals surface area contributed by atoms with Gasteiger partial charge in [-0.15, -0.1) is 11.8 Å². The number of carbonyl (C=O) groups excluding carboxylic acids is 2. The van der Waals surface area contributed by atoms with Crippen molar-refractivity contribution < 1.29 is 19.1 Å². The average Bonchev–Trinajstić information content (AvgIpc) is 2.99. The van der Waals surface area contributed by atoms with Gasteiger partial charge in [-0.25, -0.2) is 0 Å². The van der Waals surface area contributed by atoms with Crippen LogP contribution in [0.5, 0.6) is 11.5 Å². The predicted molar refractivity (Wildman–Crippen MR) is 155 cm³/mol. The summed E-state index contributed by atoms with van der Waals surface area (Å²) in [4.78, 5) is 32.9. The minimum atomic E-state index is -0.548. The van der Waals surface area contributed by atoms with E-state index in [1.807, 2.05) is 35.4 Å². The monoisotopic (exact) mass is 544 g/mol. The molecule has 0 N–H and O–H groups in total. The second kappa shape index (κ2) is 11.7. The van der Waals surface area contributed by atoms with Crippen molar-refractivity contribution in [2.75, 3.05) is 40.6 Å². The largest absolute Gasteiger partial charge is 0.493 e. The van der Waals surface area contributed by atoms with Crippen molar-refractivity contribution in [3.05, 3.63) is 89.0 Å². The molecule has 3 aromatic rings. The van der Waals surface area contributed by atoms with Gasteiger partial charge in [0.05, 0.1) is 26.2 Å². The first-order valence-electron chi connectivity index (χ1n) is 13.4. The van der Waals surface area contributed by atoms with E-state index < -0.39 is 12.0 Å². The van der Waals surface area contributed by atoms with E-state index in [1.165, 1.54) is 5.56 Å². The number of rotatable bonds is 7. The number of nitrogens with zero attached hydrogens (tertiary/aromatic N) is 2. The van der Waals surface area contributed by atoms with Crippen LogP contribution in [0.2, 0.25) is 0 Å². The molecule has 0 spiro atoms. The molecule has 2 aliphatic rings. The maximum absolute atomic E-state index is 14.4. The molecule has 2 atom stereocenters. The molecule has 1 fully saturated rings. The third-order valence-corrected chi connectivity index (χ3v) is 8.93. The van der Waals surface area contributed by atoms with Crippen molar-refractivity contribution in [2.45, 2.75) is 36.1 Å². The number of benzene rings is 3. The lowest BCUT2D eigenvalue weighted by Gasteiger charge is -2.43. The van der Waals surface area contributed by atoms with Crippen molar-refractivity contribution >= 4 is 23.6 Å². The molecule has 0 unspecified atom stereocenters. The van der Waals surface area contributed by atoms with E-state index in [4.69, 9.17) is 9.47 Å².